The Kier molecular flexibility index (Phi) is 20.4. The maximum absolute atomic E-state index is 13.6. The number of anilines is 4. The largest absolute Gasteiger partial charge is 0.494 e. The van der Waals surface area contributed by atoms with E-state index in [2.05, 4.69) is 41.7 Å². The number of azo groups is 2. The zero-order chi connectivity index (χ0) is 51.9. The number of ether oxygens (including phenoxy) is 2. The van der Waals surface area contributed by atoms with Crippen LogP contribution in [-0.4, -0.2) is 66.4 Å². The summed E-state index contributed by atoms with van der Waals surface area (Å²) in [6, 6.07) is 19.9. The van der Waals surface area contributed by atoms with Crippen LogP contribution in [0.25, 0.3) is 0 Å². The summed E-state index contributed by atoms with van der Waals surface area (Å²) in [7, 11) is 0. The molecule has 71 heavy (non-hydrogen) atoms. The average Bonchev–Trinajstić information content (AvgIpc) is 3.31. The van der Waals surface area contributed by atoms with Gasteiger partial charge >= 0.3 is 0 Å². The van der Waals surface area contributed by atoms with Crippen LogP contribution in [0.3, 0.4) is 0 Å². The molecule has 0 fully saturated rings. The van der Waals surface area contributed by atoms with Gasteiger partial charge in [0.05, 0.1) is 56.5 Å². The molecule has 0 aliphatic rings. The molecule has 0 aliphatic carbocycles. The van der Waals surface area contributed by atoms with Gasteiger partial charge in [-0.25, -0.2) is 0 Å². The molecule has 5 aromatic rings. The van der Waals surface area contributed by atoms with Crippen LogP contribution < -0.4 is 30.7 Å². The molecule has 4 unspecified atom stereocenters. The summed E-state index contributed by atoms with van der Waals surface area (Å²) in [6.45, 7) is 10.5. The topological polar surface area (TPSA) is 218 Å². The summed E-state index contributed by atoms with van der Waals surface area (Å²) >= 11 is 31.6. The Morgan fingerprint density at radius 3 is 1.39 bits per heavy atom. The number of carbonyl (C=O) groups is 6. The molecular weight excluding hydrogens is 1020 g/mol. The van der Waals surface area contributed by atoms with Gasteiger partial charge in [0.15, 0.2) is 11.6 Å². The zero-order valence-corrected chi connectivity index (χ0v) is 43.0. The van der Waals surface area contributed by atoms with Crippen molar-refractivity contribution in [2.24, 2.45) is 20.5 Å². The number of carbonyl (C=O) groups excluding carboxylic acids is 6. The Bertz CT molecular complexity index is 2880. The third kappa shape index (κ3) is 15.3. The molecule has 0 saturated carbocycles. The Morgan fingerprint density at radius 2 is 0.986 bits per heavy atom. The Labute approximate surface area is 435 Å². The molecule has 0 saturated heterocycles. The van der Waals surface area contributed by atoms with Gasteiger partial charge in [0.1, 0.15) is 11.5 Å². The van der Waals surface area contributed by atoms with Crippen molar-refractivity contribution < 1.29 is 38.2 Å². The van der Waals surface area contributed by atoms with Gasteiger partial charge in [-0.1, -0.05) is 23.2 Å². The first-order valence-electron chi connectivity index (χ1n) is 22.0. The van der Waals surface area contributed by atoms with Crippen LogP contribution in [0.15, 0.2) is 111 Å². The van der Waals surface area contributed by atoms with Gasteiger partial charge in [0.25, 0.3) is 23.6 Å². The highest BCUT2D eigenvalue weighted by molar-refractivity contribution is 6.35. The number of halogens is 5. The highest BCUT2D eigenvalue weighted by Gasteiger charge is 2.27. The molecule has 0 bridgehead atoms. The lowest BCUT2D eigenvalue weighted by Crippen LogP contribution is -2.32. The fraction of sp³-hybridized carbons (Fsp3) is 0.280. The van der Waals surface area contributed by atoms with E-state index in [0.717, 1.165) is 0 Å². The molecule has 0 spiro atoms. The Balaban J connectivity index is 1.27. The van der Waals surface area contributed by atoms with Gasteiger partial charge in [-0.05, 0) is 145 Å². The van der Waals surface area contributed by atoms with Crippen LogP contribution in [0.4, 0.5) is 34.1 Å². The number of ketones is 2. The van der Waals surface area contributed by atoms with Gasteiger partial charge < -0.3 is 30.7 Å². The van der Waals surface area contributed by atoms with Crippen molar-refractivity contribution >= 4 is 127 Å². The number of alkyl halides is 3. The molecule has 4 N–H and O–H groups in total. The van der Waals surface area contributed by atoms with E-state index in [1.54, 1.807) is 50.2 Å². The lowest BCUT2D eigenvalue weighted by atomic mass is 10.1. The maximum atomic E-state index is 13.6. The SMILES string of the molecule is CCOc1ccc(NC(=O)c2cc(N=NC(C(C)=O)C(=O)Nc3ccc(NC(=O)C(N=Nc4ccc(Cl)c(C(=O)Nc5ccc(OCC)c(C(C)Cl)c5)c4)C(C)=O)c(CCCl)c3)ccc2Cl)cc1C(C)Cl. The fourth-order valence-electron chi connectivity index (χ4n) is 6.74. The maximum Gasteiger partial charge on any atom is 0.258 e. The van der Waals surface area contributed by atoms with E-state index < -0.39 is 58.0 Å². The summed E-state index contributed by atoms with van der Waals surface area (Å²) in [5.41, 5.74) is 3.54. The van der Waals surface area contributed by atoms with Gasteiger partial charge in [-0.2, -0.15) is 20.5 Å². The highest BCUT2D eigenvalue weighted by atomic mass is 35.5. The van der Waals surface area contributed by atoms with Crippen molar-refractivity contribution in [3.05, 3.63) is 129 Å². The minimum Gasteiger partial charge on any atom is -0.494 e. The predicted octanol–water partition coefficient (Wildman–Crippen LogP) is 13.0. The van der Waals surface area contributed by atoms with Crippen molar-refractivity contribution in [1.29, 1.82) is 0 Å². The summed E-state index contributed by atoms with van der Waals surface area (Å²) in [6.07, 6.45) is 0.208. The summed E-state index contributed by atoms with van der Waals surface area (Å²) in [5, 5.41) is 26.5. The van der Waals surface area contributed by atoms with Crippen molar-refractivity contribution in [1.82, 2.24) is 0 Å². The van der Waals surface area contributed by atoms with Crippen LogP contribution in [0, 0.1) is 0 Å². The van der Waals surface area contributed by atoms with Crippen molar-refractivity contribution in [2.75, 3.05) is 40.4 Å². The summed E-state index contributed by atoms with van der Waals surface area (Å²) in [4.78, 5) is 79.2. The lowest BCUT2D eigenvalue weighted by Gasteiger charge is -2.16. The van der Waals surface area contributed by atoms with E-state index in [0.29, 0.717) is 52.8 Å². The second-order valence-corrected chi connectivity index (χ2v) is 18.1. The molecule has 5 rings (SSSR count). The van der Waals surface area contributed by atoms with Crippen molar-refractivity contribution in [3.63, 3.8) is 0 Å². The second kappa shape index (κ2) is 26.1. The van der Waals surface area contributed by atoms with Crippen LogP contribution in [0.2, 0.25) is 10.0 Å². The Hall–Kier alpha value is -6.43. The van der Waals surface area contributed by atoms with E-state index >= 15 is 0 Å². The Morgan fingerprint density at radius 1 is 0.563 bits per heavy atom. The number of hydrogen-bond acceptors (Lipinski definition) is 12. The number of benzene rings is 5. The molecular formula is C50H49Cl5N8O8. The van der Waals surface area contributed by atoms with E-state index in [1.807, 2.05) is 13.8 Å². The predicted molar refractivity (Wildman–Crippen MR) is 279 cm³/mol. The fourth-order valence-corrected chi connectivity index (χ4v) is 7.69. The third-order valence-corrected chi connectivity index (χ3v) is 11.5. The summed E-state index contributed by atoms with van der Waals surface area (Å²) < 4.78 is 11.3. The molecule has 0 aliphatic heterocycles. The van der Waals surface area contributed by atoms with Crippen LogP contribution >= 0.6 is 58.0 Å². The minimum absolute atomic E-state index is 0.0484. The van der Waals surface area contributed by atoms with E-state index in [1.165, 1.54) is 68.4 Å². The second-order valence-electron chi connectivity index (χ2n) is 15.6. The average molecular weight is 1070 g/mol. The number of nitrogens with zero attached hydrogens (tertiary/aromatic N) is 4. The first-order valence-corrected chi connectivity index (χ1v) is 24.2. The number of amides is 4. The van der Waals surface area contributed by atoms with Crippen molar-refractivity contribution in [3.8, 4) is 11.5 Å². The highest BCUT2D eigenvalue weighted by Crippen LogP contribution is 2.35. The van der Waals surface area contributed by atoms with Gasteiger partial charge in [-0.3, -0.25) is 28.8 Å². The van der Waals surface area contributed by atoms with Gasteiger partial charge in [0, 0.05) is 39.8 Å². The number of hydrogen-bond donors (Lipinski definition) is 4. The first kappa shape index (κ1) is 55.5. The van der Waals surface area contributed by atoms with E-state index in [-0.39, 0.29) is 56.2 Å². The van der Waals surface area contributed by atoms with Crippen LogP contribution in [0.1, 0.15) is 89.7 Å². The standard InChI is InChI=1S/C50H49Cl5N8O8/c1-7-70-43-17-12-32(22-36(43)26(3)52)56-47(66)38-24-34(9-14-40(38)54)60-62-45(28(5)64)49(68)58-31-11-16-42(30(21-31)19-20-51)59-50(69)46(29(6)65)63-61-35-10-15-41(55)39(25-35)48(67)57-33-13-18-44(71-8-2)37(23-33)27(4)53/h9-18,21-27,45-46H,7-8,19-20H2,1-6H3,(H,56,66)(H,57,67)(H,58,68)(H,59,69). The molecule has 0 aromatic heterocycles. The van der Waals surface area contributed by atoms with Crippen LogP contribution in [0.5, 0.6) is 11.5 Å². The van der Waals surface area contributed by atoms with E-state index in [9.17, 15) is 28.8 Å². The zero-order valence-electron chi connectivity index (χ0n) is 39.2. The third-order valence-electron chi connectivity index (χ3n) is 10.2. The normalized spacial score (nSPS) is 12.9. The number of nitrogens with one attached hydrogen (secondary N) is 4. The monoisotopic (exact) mass is 1060 g/mol. The van der Waals surface area contributed by atoms with Crippen molar-refractivity contribution in [2.45, 2.75) is 70.8 Å². The van der Waals surface area contributed by atoms with Gasteiger partial charge in [-0.15, -0.1) is 34.8 Å². The molecule has 21 heteroatoms. The lowest BCUT2D eigenvalue weighted by molar-refractivity contribution is -0.127. The summed E-state index contributed by atoms with van der Waals surface area (Å²) in [5.74, 6) is -2.77. The minimum atomic E-state index is -1.61. The number of Topliss-reactive ketones (excluding diaryl/α,β-unsaturated/α-hetero) is 2. The van der Waals surface area contributed by atoms with Crippen LogP contribution in [-0.2, 0) is 25.6 Å². The van der Waals surface area contributed by atoms with Gasteiger partial charge in [0.2, 0.25) is 12.1 Å². The molecule has 5 aromatic carbocycles. The molecule has 16 nitrogen and oxygen atoms in total. The first-order chi connectivity index (χ1) is 33.8. The molecule has 4 amide bonds. The molecule has 0 heterocycles. The smallest absolute Gasteiger partial charge is 0.258 e. The molecule has 0 radical (unpaired) electrons. The molecule has 372 valence electrons. The molecule has 4 atom stereocenters. The van der Waals surface area contributed by atoms with E-state index in [4.69, 9.17) is 67.5 Å². The quantitative estimate of drug-likeness (QED) is 0.0296. The number of rotatable bonds is 22. The number of aryl methyl sites for hydroxylation is 1.